The normalized spacial score (nSPS) is 19.9. The molecule has 0 saturated carbocycles. The molecule has 0 radical (unpaired) electrons. The third-order valence-electron chi connectivity index (χ3n) is 10.3. The van der Waals surface area contributed by atoms with Crippen molar-refractivity contribution in [1.82, 2.24) is 25.4 Å². The van der Waals surface area contributed by atoms with Crippen LogP contribution in [0.2, 0.25) is 0 Å². The molecule has 6 heteroatoms. The number of pyridine rings is 1. The van der Waals surface area contributed by atoms with Gasteiger partial charge in [-0.05, 0) is 87.5 Å². The molecule has 2 N–H and O–H groups in total. The first-order valence-corrected chi connectivity index (χ1v) is 18.7. The zero-order valence-electron chi connectivity index (χ0n) is 29.6. The number of rotatable bonds is 20. The van der Waals surface area contributed by atoms with E-state index in [0.29, 0.717) is 12.6 Å². The molecule has 2 aliphatic heterocycles. The largest absolute Gasteiger partial charge is 0.389 e. The van der Waals surface area contributed by atoms with E-state index in [1.807, 2.05) is 12.3 Å². The lowest BCUT2D eigenvalue weighted by molar-refractivity contribution is 0.211. The number of unbranched alkanes of at least 4 members (excludes halogenated alkanes) is 3. The van der Waals surface area contributed by atoms with Gasteiger partial charge >= 0.3 is 0 Å². The van der Waals surface area contributed by atoms with E-state index in [4.69, 9.17) is 0 Å². The van der Waals surface area contributed by atoms with Crippen LogP contribution in [-0.2, 0) is 6.42 Å². The van der Waals surface area contributed by atoms with Gasteiger partial charge in [0.15, 0.2) is 0 Å². The Morgan fingerprint density at radius 2 is 1.81 bits per heavy atom. The van der Waals surface area contributed by atoms with Crippen molar-refractivity contribution in [3.8, 4) is 0 Å². The summed E-state index contributed by atoms with van der Waals surface area (Å²) >= 11 is 0. The van der Waals surface area contributed by atoms with Crippen molar-refractivity contribution in [1.29, 1.82) is 0 Å². The van der Waals surface area contributed by atoms with E-state index >= 15 is 0 Å². The van der Waals surface area contributed by atoms with Crippen LogP contribution in [0.15, 0.2) is 86.5 Å². The predicted octanol–water partition coefficient (Wildman–Crippen LogP) is 9.22. The summed E-state index contributed by atoms with van der Waals surface area (Å²) in [5.41, 5.74) is 8.00. The molecule has 1 aromatic heterocycles. The fourth-order valence-electron chi connectivity index (χ4n) is 7.21. The van der Waals surface area contributed by atoms with Crippen molar-refractivity contribution in [2.24, 2.45) is 5.92 Å². The Bertz CT molecular complexity index is 1390. The van der Waals surface area contributed by atoms with Crippen LogP contribution < -0.4 is 10.6 Å². The molecule has 1 aromatic carbocycles. The number of hydrogen-bond acceptors (Lipinski definition) is 5. The Kier molecular flexibility index (Phi) is 14.0. The minimum absolute atomic E-state index is 0.187. The van der Waals surface area contributed by atoms with Crippen LogP contribution in [0.1, 0.15) is 95.6 Å². The lowest BCUT2D eigenvalue weighted by Crippen LogP contribution is -2.33. The predicted molar refractivity (Wildman–Crippen MR) is 208 cm³/mol. The number of benzene rings is 1. The lowest BCUT2D eigenvalue weighted by atomic mass is 9.90. The van der Waals surface area contributed by atoms with Crippen LogP contribution in [0.3, 0.4) is 0 Å². The van der Waals surface area contributed by atoms with Crippen LogP contribution in [0.5, 0.6) is 0 Å². The van der Waals surface area contributed by atoms with Gasteiger partial charge in [0.25, 0.3) is 0 Å². The highest BCUT2D eigenvalue weighted by Gasteiger charge is 2.36. The molecule has 0 spiro atoms. The Hall–Kier alpha value is -3.04. The van der Waals surface area contributed by atoms with Crippen molar-refractivity contribution < 1.29 is 0 Å². The monoisotopic (exact) mass is 655 g/mol. The minimum Gasteiger partial charge on any atom is -0.389 e. The standard InChI is InChI=1S/C41H62N5P/c1-8-31(3)42-23-14-10-11-15-32(4)45-25-21-35(22-26-45)16-12-13-17-36-18-19-40-39(27-36)38(20-24-43-40)34(6)44-29-33(5)46-30-41(7,47)28-37(46)9-2/h9,18-20,24,27,35,37,42,44H,2-6,8,10-17,21-23,25-26,28-30,47H2,1,7H3. The number of aromatic nitrogens is 1. The van der Waals surface area contributed by atoms with Gasteiger partial charge in [0.05, 0.1) is 12.1 Å². The van der Waals surface area contributed by atoms with Gasteiger partial charge in [-0.1, -0.05) is 71.6 Å². The van der Waals surface area contributed by atoms with E-state index in [-0.39, 0.29) is 5.16 Å². The van der Waals surface area contributed by atoms with Gasteiger partial charge in [0, 0.05) is 77.3 Å². The van der Waals surface area contributed by atoms with Gasteiger partial charge in [0.1, 0.15) is 0 Å². The number of piperidine rings is 1. The first kappa shape index (κ1) is 36.8. The maximum Gasteiger partial charge on any atom is 0.0708 e. The number of allylic oxidation sites excluding steroid dienone is 2. The molecule has 3 heterocycles. The second-order valence-electron chi connectivity index (χ2n) is 14.3. The van der Waals surface area contributed by atoms with Crippen molar-refractivity contribution in [3.05, 3.63) is 97.7 Å². The van der Waals surface area contributed by atoms with Crippen LogP contribution in [0.4, 0.5) is 0 Å². The number of hydrogen-bond donors (Lipinski definition) is 2. The Morgan fingerprint density at radius 3 is 2.55 bits per heavy atom. The molecule has 2 fully saturated rings. The summed E-state index contributed by atoms with van der Waals surface area (Å²) in [6, 6.07) is 9.15. The van der Waals surface area contributed by atoms with Gasteiger partial charge < -0.3 is 20.4 Å². The van der Waals surface area contributed by atoms with Gasteiger partial charge in [-0.3, -0.25) is 4.98 Å². The molecule has 3 unspecified atom stereocenters. The molecule has 0 bridgehead atoms. The van der Waals surface area contributed by atoms with Gasteiger partial charge in [-0.2, -0.15) is 0 Å². The van der Waals surface area contributed by atoms with E-state index < -0.39 is 0 Å². The quantitative estimate of drug-likeness (QED) is 0.0846. The molecule has 2 saturated heterocycles. The van der Waals surface area contributed by atoms with Crippen LogP contribution >= 0.6 is 9.24 Å². The molecule has 5 nitrogen and oxygen atoms in total. The third-order valence-corrected chi connectivity index (χ3v) is 10.7. The molecule has 3 atom stereocenters. The highest BCUT2D eigenvalue weighted by molar-refractivity contribution is 7.19. The smallest absolute Gasteiger partial charge is 0.0708 e. The average Bonchev–Trinajstić information content (AvgIpc) is 3.41. The summed E-state index contributed by atoms with van der Waals surface area (Å²) in [6.07, 6.45) is 18.4. The summed E-state index contributed by atoms with van der Waals surface area (Å²) in [5.74, 6) is 0.848. The van der Waals surface area contributed by atoms with Crippen molar-refractivity contribution in [2.45, 2.75) is 102 Å². The Labute approximate surface area is 289 Å². The molecule has 47 heavy (non-hydrogen) atoms. The van der Waals surface area contributed by atoms with Gasteiger partial charge in [-0.25, -0.2) is 0 Å². The topological polar surface area (TPSA) is 43.4 Å². The number of likely N-dealkylation sites (tertiary alicyclic amines) is 2. The Balaban J connectivity index is 1.17. The fraction of sp³-hybridized carbons (Fsp3) is 0.537. The molecule has 0 aliphatic carbocycles. The summed E-state index contributed by atoms with van der Waals surface area (Å²) in [6.45, 7) is 30.8. The zero-order chi connectivity index (χ0) is 33.8. The van der Waals surface area contributed by atoms with Crippen LogP contribution in [0.25, 0.3) is 16.6 Å². The van der Waals surface area contributed by atoms with E-state index in [0.717, 1.165) is 72.9 Å². The first-order valence-electron chi connectivity index (χ1n) is 18.1. The first-order chi connectivity index (χ1) is 22.6. The molecular formula is C41H62N5P. The molecule has 2 aliphatic rings. The maximum atomic E-state index is 4.65. The number of nitrogens with zero attached hydrogens (tertiary/aromatic N) is 3. The molecule has 256 valence electrons. The van der Waals surface area contributed by atoms with E-state index in [9.17, 15) is 0 Å². The molecular weight excluding hydrogens is 593 g/mol. The van der Waals surface area contributed by atoms with Crippen LogP contribution in [0, 0.1) is 5.92 Å². The SMILES string of the molecule is C=CC1CC(C)(P)CN1C(=C)CNC(=C)c1ccnc2ccc(CCCCC3CCN(C(=C)CCCCCNC(=C)CC)CC3)cc12. The second-order valence-corrected chi connectivity index (χ2v) is 15.7. The highest BCUT2D eigenvalue weighted by Crippen LogP contribution is 2.36. The van der Waals surface area contributed by atoms with Crippen molar-refractivity contribution in [2.75, 3.05) is 32.7 Å². The van der Waals surface area contributed by atoms with E-state index in [1.165, 1.54) is 81.1 Å². The molecule has 2 aromatic rings. The second kappa shape index (κ2) is 17.9. The minimum atomic E-state index is 0.187. The van der Waals surface area contributed by atoms with Gasteiger partial charge in [0.2, 0.25) is 0 Å². The average molecular weight is 656 g/mol. The van der Waals surface area contributed by atoms with Gasteiger partial charge in [-0.15, -0.1) is 15.8 Å². The number of aryl methyl sites for hydroxylation is 1. The molecule has 0 amide bonds. The number of nitrogens with one attached hydrogen (secondary N) is 2. The third kappa shape index (κ3) is 11.0. The summed E-state index contributed by atoms with van der Waals surface area (Å²) in [4.78, 5) is 9.58. The zero-order valence-corrected chi connectivity index (χ0v) is 30.7. The summed E-state index contributed by atoms with van der Waals surface area (Å²) < 4.78 is 0. The van der Waals surface area contributed by atoms with Crippen molar-refractivity contribution in [3.63, 3.8) is 0 Å². The van der Waals surface area contributed by atoms with E-state index in [2.05, 4.69) is 106 Å². The molecule has 4 rings (SSSR count). The van der Waals surface area contributed by atoms with Crippen LogP contribution in [-0.4, -0.2) is 58.7 Å². The highest BCUT2D eigenvalue weighted by atomic mass is 31.0. The summed E-state index contributed by atoms with van der Waals surface area (Å²) in [5, 5.41) is 8.33. The van der Waals surface area contributed by atoms with E-state index in [1.54, 1.807) is 0 Å². The number of fused-ring (bicyclic) bond motifs is 1. The Morgan fingerprint density at radius 1 is 1.02 bits per heavy atom. The van der Waals surface area contributed by atoms with Crippen molar-refractivity contribution >= 4 is 25.8 Å². The lowest BCUT2D eigenvalue weighted by Gasteiger charge is -2.35. The maximum absolute atomic E-state index is 4.65. The fourth-order valence-corrected chi connectivity index (χ4v) is 7.65. The summed E-state index contributed by atoms with van der Waals surface area (Å²) in [7, 11) is 3.01.